The molecule has 0 spiro atoms. The molecule has 2 heterocycles. The van der Waals surface area contributed by atoms with E-state index < -0.39 is 0 Å². The molecule has 178 valence electrons. The number of ether oxygens (including phenoxy) is 4. The second-order valence-electron chi connectivity index (χ2n) is 8.50. The van der Waals surface area contributed by atoms with Crippen LogP contribution in [0.5, 0.6) is 23.0 Å². The van der Waals surface area contributed by atoms with Gasteiger partial charge in [0, 0.05) is 22.8 Å². The third-order valence-corrected chi connectivity index (χ3v) is 6.96. The lowest BCUT2D eigenvalue weighted by atomic mass is 9.90. The van der Waals surface area contributed by atoms with Crippen LogP contribution in [0.3, 0.4) is 0 Å². The van der Waals surface area contributed by atoms with Crippen molar-refractivity contribution in [1.82, 2.24) is 0 Å². The molecule has 35 heavy (non-hydrogen) atoms. The van der Waals surface area contributed by atoms with E-state index in [2.05, 4.69) is 53.1 Å². The second-order valence-corrected chi connectivity index (χ2v) is 8.50. The maximum absolute atomic E-state index is 5.95. The molecule has 4 aromatic carbocycles. The molecule has 6 heteroatoms. The fourth-order valence-electron chi connectivity index (χ4n) is 5.58. The first-order valence-electron chi connectivity index (χ1n) is 11.4. The van der Waals surface area contributed by atoms with E-state index in [0.29, 0.717) is 0 Å². The van der Waals surface area contributed by atoms with Crippen molar-refractivity contribution in [2.75, 3.05) is 28.4 Å². The van der Waals surface area contributed by atoms with E-state index in [9.17, 15) is 0 Å². The SMILES string of the molecule is COc1cc2c3c(ccc4c5ccc(OC)c(OC)c5c(-c5ccccc5)[n+](c43)CC2)c1OC.[Br-]. The Balaban J connectivity index is 0.00000253. The molecule has 6 rings (SSSR count). The molecule has 1 aliphatic heterocycles. The molecule has 0 amide bonds. The van der Waals surface area contributed by atoms with E-state index in [0.717, 1.165) is 63.4 Å². The summed E-state index contributed by atoms with van der Waals surface area (Å²) < 4.78 is 25.6. The maximum atomic E-state index is 5.95. The van der Waals surface area contributed by atoms with E-state index in [1.165, 1.54) is 21.9 Å². The van der Waals surface area contributed by atoms with Crippen molar-refractivity contribution in [3.8, 4) is 34.3 Å². The number of aromatic nitrogens is 1. The number of pyridine rings is 1. The van der Waals surface area contributed by atoms with Gasteiger partial charge in [-0.2, -0.15) is 4.57 Å². The van der Waals surface area contributed by atoms with E-state index in [1.807, 2.05) is 12.1 Å². The van der Waals surface area contributed by atoms with Crippen molar-refractivity contribution in [1.29, 1.82) is 0 Å². The average molecular weight is 532 g/mol. The first-order chi connectivity index (χ1) is 16.7. The van der Waals surface area contributed by atoms with Gasteiger partial charge < -0.3 is 35.9 Å². The van der Waals surface area contributed by atoms with Crippen LogP contribution in [0.15, 0.2) is 60.7 Å². The Hall–Kier alpha value is -3.51. The highest BCUT2D eigenvalue weighted by atomic mass is 79.9. The van der Waals surface area contributed by atoms with Crippen LogP contribution in [-0.4, -0.2) is 28.4 Å². The zero-order valence-corrected chi connectivity index (χ0v) is 21.7. The summed E-state index contributed by atoms with van der Waals surface area (Å²) in [5, 5.41) is 5.65. The molecule has 0 atom stereocenters. The second kappa shape index (κ2) is 8.93. The number of nitrogens with zero attached hydrogens (tertiary/aromatic N) is 1. The van der Waals surface area contributed by atoms with Gasteiger partial charge in [-0.15, -0.1) is 0 Å². The molecule has 0 radical (unpaired) electrons. The largest absolute Gasteiger partial charge is 1.00 e. The molecule has 5 aromatic rings. The minimum atomic E-state index is 0. The van der Waals surface area contributed by atoms with E-state index in [4.69, 9.17) is 18.9 Å². The van der Waals surface area contributed by atoms with Crippen LogP contribution in [-0.2, 0) is 13.0 Å². The van der Waals surface area contributed by atoms with Gasteiger partial charge in [0.05, 0.1) is 39.2 Å². The molecular formula is C29H26BrNO4. The lowest BCUT2D eigenvalue weighted by Crippen LogP contribution is -3.00. The molecule has 0 saturated heterocycles. The van der Waals surface area contributed by atoms with Crippen molar-refractivity contribution in [3.63, 3.8) is 0 Å². The van der Waals surface area contributed by atoms with E-state index in [-0.39, 0.29) is 17.0 Å². The fraction of sp³-hybridized carbons (Fsp3) is 0.207. The summed E-state index contributed by atoms with van der Waals surface area (Å²) in [6, 6.07) is 21.1. The number of fused-ring (bicyclic) bond motifs is 2. The molecule has 1 aliphatic rings. The molecule has 1 aromatic heterocycles. The van der Waals surface area contributed by atoms with Gasteiger partial charge in [-0.3, -0.25) is 0 Å². The Morgan fingerprint density at radius 3 is 2.03 bits per heavy atom. The Kier molecular flexibility index (Phi) is 5.93. The minimum Gasteiger partial charge on any atom is -1.00 e. The third-order valence-electron chi connectivity index (χ3n) is 6.96. The van der Waals surface area contributed by atoms with Gasteiger partial charge in [-0.1, -0.05) is 18.2 Å². The minimum absolute atomic E-state index is 0. The third kappa shape index (κ3) is 3.23. The number of benzene rings is 4. The topological polar surface area (TPSA) is 40.8 Å². The molecular weight excluding hydrogens is 506 g/mol. The molecule has 0 unspecified atom stereocenters. The van der Waals surface area contributed by atoms with Crippen LogP contribution in [0, 0.1) is 0 Å². The lowest BCUT2D eigenvalue weighted by molar-refractivity contribution is -0.659. The highest BCUT2D eigenvalue weighted by Crippen LogP contribution is 2.47. The van der Waals surface area contributed by atoms with Gasteiger partial charge in [0.1, 0.15) is 5.39 Å². The summed E-state index contributed by atoms with van der Waals surface area (Å²) in [4.78, 5) is 0. The van der Waals surface area contributed by atoms with E-state index in [1.54, 1.807) is 28.4 Å². The normalized spacial score (nSPS) is 12.1. The van der Waals surface area contributed by atoms with Crippen molar-refractivity contribution < 1.29 is 40.5 Å². The summed E-state index contributed by atoms with van der Waals surface area (Å²) in [5.41, 5.74) is 4.75. The van der Waals surface area contributed by atoms with Crippen LogP contribution >= 0.6 is 0 Å². The van der Waals surface area contributed by atoms with Gasteiger partial charge in [0.2, 0.25) is 11.2 Å². The predicted molar refractivity (Wildman–Crippen MR) is 135 cm³/mol. The van der Waals surface area contributed by atoms with Crippen molar-refractivity contribution in [2.24, 2.45) is 0 Å². The Bertz CT molecular complexity index is 1600. The number of rotatable bonds is 5. The molecule has 0 N–H and O–H groups in total. The standard InChI is InChI=1S/C29H26NO4.BrH/c1-31-22-13-12-19-20-10-11-21-24-18(16-23(32-2)28(21)33-3)14-15-30(27(20)24)26(25(19)29(22)34-4)17-8-6-5-7-9-17;/h5-13,16H,14-15H2,1-4H3;1H/q+1;/p-1. The summed E-state index contributed by atoms with van der Waals surface area (Å²) in [7, 11) is 6.79. The van der Waals surface area contributed by atoms with Gasteiger partial charge in [-0.25, -0.2) is 0 Å². The number of hydrogen-bond acceptors (Lipinski definition) is 4. The maximum Gasteiger partial charge on any atom is 0.224 e. The number of aryl methyl sites for hydroxylation is 2. The van der Waals surface area contributed by atoms with E-state index >= 15 is 0 Å². The molecule has 0 aliphatic carbocycles. The van der Waals surface area contributed by atoms with Crippen LogP contribution in [0.1, 0.15) is 5.56 Å². The van der Waals surface area contributed by atoms with Crippen molar-refractivity contribution in [2.45, 2.75) is 13.0 Å². The van der Waals surface area contributed by atoms with Crippen LogP contribution in [0.25, 0.3) is 43.7 Å². The molecule has 0 bridgehead atoms. The van der Waals surface area contributed by atoms with Crippen LogP contribution in [0.4, 0.5) is 0 Å². The first kappa shape index (κ1) is 23.2. The molecule has 0 saturated carbocycles. The molecule has 0 fully saturated rings. The Labute approximate surface area is 214 Å². The summed E-state index contributed by atoms with van der Waals surface area (Å²) >= 11 is 0. The molecule has 5 nitrogen and oxygen atoms in total. The number of methoxy groups -OCH3 is 4. The fourth-order valence-corrected chi connectivity index (χ4v) is 5.58. The summed E-state index contributed by atoms with van der Waals surface area (Å²) in [6.45, 7) is 0.846. The average Bonchev–Trinajstić information content (AvgIpc) is 2.90. The van der Waals surface area contributed by atoms with Gasteiger partial charge >= 0.3 is 0 Å². The van der Waals surface area contributed by atoms with Gasteiger partial charge in [-0.05, 0) is 48.0 Å². The quantitative estimate of drug-likeness (QED) is 0.258. The zero-order valence-electron chi connectivity index (χ0n) is 20.1. The highest BCUT2D eigenvalue weighted by molar-refractivity contribution is 6.19. The van der Waals surface area contributed by atoms with Crippen LogP contribution in [0.2, 0.25) is 0 Å². The zero-order chi connectivity index (χ0) is 23.4. The Morgan fingerprint density at radius 2 is 1.34 bits per heavy atom. The summed E-state index contributed by atoms with van der Waals surface area (Å²) in [6.07, 6.45) is 0.894. The first-order valence-corrected chi connectivity index (χ1v) is 11.4. The van der Waals surface area contributed by atoms with Gasteiger partial charge in [0.15, 0.2) is 29.5 Å². The number of halogens is 1. The van der Waals surface area contributed by atoms with Crippen molar-refractivity contribution >= 4 is 32.4 Å². The predicted octanol–water partition coefficient (Wildman–Crippen LogP) is 2.70. The highest BCUT2D eigenvalue weighted by Gasteiger charge is 2.33. The van der Waals surface area contributed by atoms with Crippen LogP contribution < -0.4 is 40.5 Å². The number of hydrogen-bond donors (Lipinski definition) is 0. The summed E-state index contributed by atoms with van der Waals surface area (Å²) in [5.74, 6) is 3.02. The Morgan fingerprint density at radius 1 is 0.657 bits per heavy atom. The monoisotopic (exact) mass is 531 g/mol. The smallest absolute Gasteiger partial charge is 0.224 e. The van der Waals surface area contributed by atoms with Gasteiger partial charge in [0.25, 0.3) is 0 Å². The lowest BCUT2D eigenvalue weighted by Gasteiger charge is -2.22. The van der Waals surface area contributed by atoms with Crippen molar-refractivity contribution in [3.05, 3.63) is 66.2 Å².